The van der Waals surface area contributed by atoms with Crippen molar-refractivity contribution >= 4 is 51.1 Å². The lowest BCUT2D eigenvalue weighted by atomic mass is 9.92. The number of nitrogens with one attached hydrogen (secondary N) is 2. The molecule has 13 nitrogen and oxygen atoms in total. The molecule has 2 N–H and O–H groups in total. The fourth-order valence-electron chi connectivity index (χ4n) is 7.89. The maximum atomic E-state index is 13.2. The summed E-state index contributed by atoms with van der Waals surface area (Å²) in [5.41, 5.74) is 5.76. The van der Waals surface area contributed by atoms with Crippen LogP contribution in [0.5, 0.6) is 5.88 Å². The van der Waals surface area contributed by atoms with Crippen molar-refractivity contribution in [2.75, 3.05) is 44.2 Å². The maximum absolute atomic E-state index is 13.2. The van der Waals surface area contributed by atoms with Crippen molar-refractivity contribution in [3.63, 3.8) is 0 Å². The van der Waals surface area contributed by atoms with Crippen LogP contribution in [0, 0.1) is 0 Å². The largest absolute Gasteiger partial charge is 0.474 e. The van der Waals surface area contributed by atoms with Gasteiger partial charge in [-0.3, -0.25) is 39.3 Å². The Morgan fingerprint density at radius 3 is 2.43 bits per heavy atom. The van der Waals surface area contributed by atoms with Crippen molar-refractivity contribution in [1.29, 1.82) is 0 Å². The van der Waals surface area contributed by atoms with Gasteiger partial charge < -0.3 is 19.4 Å². The molecule has 1 unspecified atom stereocenters. The second-order valence-corrected chi connectivity index (χ2v) is 14.3. The number of nitrogens with zero attached hydrogens (tertiary/aromatic N) is 5. The molecule has 0 spiro atoms. The van der Waals surface area contributed by atoms with Gasteiger partial charge in [-0.1, -0.05) is 12.1 Å². The van der Waals surface area contributed by atoms with Gasteiger partial charge in [-0.2, -0.15) is 0 Å². The number of carbonyl (C=O) groups is 4. The van der Waals surface area contributed by atoms with Crippen molar-refractivity contribution < 1.29 is 28.7 Å². The van der Waals surface area contributed by atoms with E-state index in [-0.39, 0.29) is 31.0 Å². The second-order valence-electron chi connectivity index (χ2n) is 14.3. The summed E-state index contributed by atoms with van der Waals surface area (Å²) in [6, 6.07) is 16.7. The highest BCUT2D eigenvalue weighted by atomic mass is 16.5. The van der Waals surface area contributed by atoms with Gasteiger partial charge in [0.25, 0.3) is 11.8 Å². The van der Waals surface area contributed by atoms with E-state index in [2.05, 4.69) is 48.3 Å². The third kappa shape index (κ3) is 6.40. The molecule has 4 amide bonds. The molecular formula is C40H39N7O6. The summed E-state index contributed by atoms with van der Waals surface area (Å²) in [7, 11) is 0. The summed E-state index contributed by atoms with van der Waals surface area (Å²) < 4.78 is 12.3. The molecule has 9 rings (SSSR count). The van der Waals surface area contributed by atoms with Gasteiger partial charge in [0.15, 0.2) is 0 Å². The maximum Gasteiger partial charge on any atom is 0.262 e. The lowest BCUT2D eigenvalue weighted by Gasteiger charge is -2.37. The normalized spacial score (nSPS) is 22.0. The number of H-pyrrole nitrogens is 1. The number of carbonyl (C=O) groups excluding carboxylic acids is 4. The minimum atomic E-state index is -0.964. The van der Waals surface area contributed by atoms with Crippen LogP contribution in [0.25, 0.3) is 32.9 Å². The predicted molar refractivity (Wildman–Crippen MR) is 197 cm³/mol. The first-order chi connectivity index (χ1) is 25.9. The fraction of sp³-hybridized carbons (Fsp3) is 0.350. The van der Waals surface area contributed by atoms with Crippen LogP contribution in [0.3, 0.4) is 0 Å². The van der Waals surface area contributed by atoms with Crippen LogP contribution in [0.2, 0.25) is 0 Å². The molecule has 1 saturated carbocycles. The van der Waals surface area contributed by atoms with E-state index in [1.54, 1.807) is 18.3 Å². The van der Waals surface area contributed by atoms with Crippen molar-refractivity contribution in [2.45, 2.75) is 50.4 Å². The standard InChI is InChI=1S/C40H39N7O6/c48-36-8-7-35(38(49)44-36)47-39(50)30-6-4-26(19-31(30)40(47)51)46-15-13-45(14-16-46)12-1-17-52-27-20-28(21-27)53-37-9-3-25(22-42-37)24-2-5-29-32-23-41-11-10-33(32)43-34(29)18-24/h2-6,9-11,18-19,22-23,27-28,35,43H,1,7-8,12-17,20-21H2,(H,44,48,49)/t27-,28+,35?. The number of amides is 4. The number of piperidine rings is 1. The van der Waals surface area contributed by atoms with E-state index < -0.39 is 23.8 Å². The van der Waals surface area contributed by atoms with Crippen LogP contribution in [0.1, 0.15) is 52.8 Å². The number of aromatic amines is 1. The average molecular weight is 714 g/mol. The van der Waals surface area contributed by atoms with Gasteiger partial charge in [0.1, 0.15) is 12.1 Å². The Kier molecular flexibility index (Phi) is 8.59. The summed E-state index contributed by atoms with van der Waals surface area (Å²) in [5, 5.41) is 4.51. The van der Waals surface area contributed by atoms with Crippen LogP contribution >= 0.6 is 0 Å². The molecule has 2 aromatic carbocycles. The molecule has 0 radical (unpaired) electrons. The zero-order chi connectivity index (χ0) is 36.1. The topological polar surface area (TPSA) is 150 Å². The second kappa shape index (κ2) is 13.7. The van der Waals surface area contributed by atoms with E-state index in [9.17, 15) is 19.2 Å². The zero-order valence-electron chi connectivity index (χ0n) is 29.1. The van der Waals surface area contributed by atoms with Crippen molar-refractivity contribution in [1.82, 2.24) is 30.1 Å². The summed E-state index contributed by atoms with van der Waals surface area (Å²) in [4.78, 5) is 68.2. The number of rotatable bonds is 10. The Morgan fingerprint density at radius 2 is 1.62 bits per heavy atom. The summed E-state index contributed by atoms with van der Waals surface area (Å²) in [6.07, 6.45) is 8.75. The molecule has 3 aromatic heterocycles. The van der Waals surface area contributed by atoms with Gasteiger partial charge in [0, 0.05) is 116 Å². The van der Waals surface area contributed by atoms with Gasteiger partial charge in [0.2, 0.25) is 17.7 Å². The Labute approximate surface area is 305 Å². The lowest BCUT2D eigenvalue weighted by Crippen LogP contribution is -2.54. The third-order valence-electron chi connectivity index (χ3n) is 10.9. The summed E-state index contributed by atoms with van der Waals surface area (Å²) >= 11 is 0. The molecule has 1 aliphatic carbocycles. The highest BCUT2D eigenvalue weighted by molar-refractivity contribution is 6.23. The van der Waals surface area contributed by atoms with Crippen LogP contribution in [-0.4, -0.2) is 106 Å². The van der Waals surface area contributed by atoms with Crippen molar-refractivity contribution in [2.24, 2.45) is 0 Å². The first-order valence-electron chi connectivity index (χ1n) is 18.3. The van der Waals surface area contributed by atoms with Crippen molar-refractivity contribution in [3.05, 3.63) is 84.3 Å². The van der Waals surface area contributed by atoms with Crippen LogP contribution < -0.4 is 15.0 Å². The number of piperazine rings is 1. The molecule has 53 heavy (non-hydrogen) atoms. The van der Waals surface area contributed by atoms with Crippen molar-refractivity contribution in [3.8, 4) is 17.0 Å². The summed E-state index contributed by atoms with van der Waals surface area (Å²) in [6.45, 7) is 5.00. The molecule has 0 bridgehead atoms. The minimum absolute atomic E-state index is 0.0981. The van der Waals surface area contributed by atoms with Crippen LogP contribution in [0.4, 0.5) is 5.69 Å². The molecule has 2 saturated heterocycles. The first-order valence-corrected chi connectivity index (χ1v) is 18.3. The number of benzene rings is 2. The van der Waals surface area contributed by atoms with E-state index >= 15 is 0 Å². The molecule has 5 aromatic rings. The molecule has 3 fully saturated rings. The fourth-order valence-corrected chi connectivity index (χ4v) is 7.89. The van der Waals surface area contributed by atoms with E-state index in [0.29, 0.717) is 23.6 Å². The smallest absolute Gasteiger partial charge is 0.262 e. The van der Waals surface area contributed by atoms with Gasteiger partial charge in [-0.15, -0.1) is 0 Å². The number of aromatic nitrogens is 3. The quantitative estimate of drug-likeness (QED) is 0.158. The van der Waals surface area contributed by atoms with Crippen LogP contribution in [-0.2, 0) is 14.3 Å². The van der Waals surface area contributed by atoms with E-state index in [0.717, 1.165) is 95.5 Å². The number of imide groups is 2. The highest BCUT2D eigenvalue weighted by Gasteiger charge is 2.45. The third-order valence-corrected chi connectivity index (χ3v) is 10.9. The van der Waals surface area contributed by atoms with E-state index in [1.807, 2.05) is 36.7 Å². The Bertz CT molecular complexity index is 2240. The van der Waals surface area contributed by atoms with Gasteiger partial charge in [-0.05, 0) is 54.8 Å². The zero-order valence-corrected chi connectivity index (χ0v) is 29.1. The highest BCUT2D eigenvalue weighted by Crippen LogP contribution is 2.33. The van der Waals surface area contributed by atoms with Gasteiger partial charge in [-0.25, -0.2) is 4.98 Å². The Hall–Kier alpha value is -5.66. The van der Waals surface area contributed by atoms with Gasteiger partial charge in [0.05, 0.1) is 17.2 Å². The molecule has 4 aliphatic rings. The van der Waals surface area contributed by atoms with Crippen LogP contribution in [0.15, 0.2) is 73.2 Å². The molecule has 13 heteroatoms. The Balaban J connectivity index is 0.689. The number of hydrogen-bond donors (Lipinski definition) is 2. The molecule has 1 atom stereocenters. The number of ether oxygens (including phenoxy) is 2. The number of pyridine rings is 2. The van der Waals surface area contributed by atoms with Gasteiger partial charge >= 0.3 is 0 Å². The molecule has 6 heterocycles. The molecular weight excluding hydrogens is 674 g/mol. The van der Waals surface area contributed by atoms with E-state index in [4.69, 9.17) is 9.47 Å². The lowest BCUT2D eigenvalue weighted by molar-refractivity contribution is -0.136. The SMILES string of the molecule is O=C1CCC(N2C(=O)c3ccc(N4CCN(CCCO[C@H]5C[C@@H](Oc6ccc(-c7ccc8c(c7)[nH]c7ccncc78)cn6)C5)CC4)cc3C2=O)C(=O)N1. The molecule has 270 valence electrons. The monoisotopic (exact) mass is 713 g/mol. The summed E-state index contributed by atoms with van der Waals surface area (Å²) in [5.74, 6) is -1.33. The number of anilines is 1. The minimum Gasteiger partial charge on any atom is -0.474 e. The predicted octanol–water partition coefficient (Wildman–Crippen LogP) is 4.32. The average Bonchev–Trinajstić information content (AvgIpc) is 3.65. The first kappa shape index (κ1) is 33.2. The van der Waals surface area contributed by atoms with E-state index in [1.165, 1.54) is 0 Å². The Morgan fingerprint density at radius 1 is 0.792 bits per heavy atom. The molecule has 3 aliphatic heterocycles. The number of fused-ring (bicyclic) bond motifs is 4. The number of hydrogen-bond acceptors (Lipinski definition) is 10.